The Morgan fingerprint density at radius 3 is 2.53 bits per heavy atom. The van der Waals surface area contributed by atoms with Gasteiger partial charge < -0.3 is 19.5 Å². The number of aromatic nitrogens is 1. The number of halogens is 1. The van der Waals surface area contributed by atoms with Crippen molar-refractivity contribution in [1.29, 1.82) is 0 Å². The summed E-state index contributed by atoms with van der Waals surface area (Å²) in [6.07, 6.45) is 3.00. The van der Waals surface area contributed by atoms with Gasteiger partial charge in [-0.1, -0.05) is 35.9 Å². The average Bonchev–Trinajstić information content (AvgIpc) is 3.00. The normalized spacial score (nSPS) is 14.1. The van der Waals surface area contributed by atoms with E-state index in [4.69, 9.17) is 30.8 Å². The van der Waals surface area contributed by atoms with Crippen LogP contribution < -0.4 is 14.8 Å². The Bertz CT molecular complexity index is 1790. The molecule has 1 heterocycles. The van der Waals surface area contributed by atoms with Gasteiger partial charge in [-0.3, -0.25) is 14.9 Å². The molecule has 0 radical (unpaired) electrons. The van der Waals surface area contributed by atoms with E-state index in [9.17, 15) is 19.7 Å². The number of rotatable bonds is 8. The number of amides is 1. The Labute approximate surface area is 252 Å². The monoisotopic (exact) mass is 601 g/mol. The van der Waals surface area contributed by atoms with Crippen LogP contribution in [0.25, 0.3) is 22.6 Å². The average molecular weight is 602 g/mol. The van der Waals surface area contributed by atoms with E-state index in [2.05, 4.69) is 5.32 Å². The highest BCUT2D eigenvalue weighted by Gasteiger charge is 2.28. The Kier molecular flexibility index (Phi) is 8.58. The van der Waals surface area contributed by atoms with Gasteiger partial charge in [-0.15, -0.1) is 0 Å². The van der Waals surface area contributed by atoms with E-state index in [0.29, 0.717) is 40.1 Å². The van der Waals surface area contributed by atoms with Gasteiger partial charge in [-0.2, -0.15) is 0 Å². The van der Waals surface area contributed by atoms with E-state index >= 15 is 0 Å². The summed E-state index contributed by atoms with van der Waals surface area (Å²) < 4.78 is 16.5. The zero-order chi connectivity index (χ0) is 30.7. The van der Waals surface area contributed by atoms with Crippen molar-refractivity contribution in [3.05, 3.63) is 98.2 Å². The summed E-state index contributed by atoms with van der Waals surface area (Å²) in [5.74, 6) is -0.0622. The molecule has 11 heteroatoms. The first-order valence-electron chi connectivity index (χ1n) is 13.5. The number of benzene rings is 3. The van der Waals surface area contributed by atoms with Crippen LogP contribution in [0, 0.1) is 10.1 Å². The van der Waals surface area contributed by atoms with Crippen molar-refractivity contribution in [2.75, 3.05) is 19.5 Å². The second kappa shape index (κ2) is 12.5. The number of fused-ring (bicyclic) bond motifs is 2. The van der Waals surface area contributed by atoms with Gasteiger partial charge in [-0.25, -0.2) is 9.78 Å². The molecule has 0 fully saturated rings. The van der Waals surface area contributed by atoms with E-state index in [1.54, 1.807) is 14.2 Å². The molecule has 1 N–H and O–H groups in total. The van der Waals surface area contributed by atoms with Gasteiger partial charge in [0.25, 0.3) is 11.6 Å². The molecule has 1 aliphatic rings. The zero-order valence-corrected chi connectivity index (χ0v) is 24.4. The van der Waals surface area contributed by atoms with Crippen molar-refractivity contribution >= 4 is 57.4 Å². The molecule has 5 rings (SSSR count). The first-order chi connectivity index (χ1) is 20.7. The molecule has 0 bridgehead atoms. The van der Waals surface area contributed by atoms with E-state index in [-0.39, 0.29) is 16.4 Å². The maximum Gasteiger partial charge on any atom is 0.339 e. The number of para-hydroxylation sites is 1. The van der Waals surface area contributed by atoms with Gasteiger partial charge in [0.2, 0.25) is 0 Å². The number of anilines is 1. The summed E-state index contributed by atoms with van der Waals surface area (Å²) in [6, 6.07) is 16.6. The Morgan fingerprint density at radius 2 is 1.81 bits per heavy atom. The number of nitro groups is 1. The van der Waals surface area contributed by atoms with Crippen LogP contribution in [0.2, 0.25) is 5.02 Å². The number of carbonyl (C=O) groups excluding carboxylic acids is 2. The Hall–Kier alpha value is -4.96. The van der Waals surface area contributed by atoms with Crippen molar-refractivity contribution in [1.82, 2.24) is 4.98 Å². The van der Waals surface area contributed by atoms with Crippen molar-refractivity contribution in [3.63, 3.8) is 0 Å². The number of hydrogen-bond acceptors (Lipinski definition) is 8. The van der Waals surface area contributed by atoms with Gasteiger partial charge in [0.15, 0.2) is 17.6 Å². The fourth-order valence-electron chi connectivity index (χ4n) is 5.08. The minimum Gasteiger partial charge on any atom is -0.493 e. The van der Waals surface area contributed by atoms with E-state index < -0.39 is 22.9 Å². The Morgan fingerprint density at radius 1 is 1.05 bits per heavy atom. The molecular formula is C32H28ClN3O7. The van der Waals surface area contributed by atoms with Crippen molar-refractivity contribution < 1.29 is 28.7 Å². The molecule has 220 valence electrons. The van der Waals surface area contributed by atoms with Crippen LogP contribution in [0.5, 0.6) is 11.5 Å². The van der Waals surface area contributed by atoms with Crippen molar-refractivity contribution in [2.45, 2.75) is 32.3 Å². The fourth-order valence-corrected chi connectivity index (χ4v) is 5.30. The highest BCUT2D eigenvalue weighted by atomic mass is 35.5. The second-order valence-electron chi connectivity index (χ2n) is 9.93. The molecule has 0 spiro atoms. The SMILES string of the molecule is COc1ccc(/C=C2\CCCc3c2nc2ccccc2c3C(=O)OC(C)C(=O)Nc2ccc([N+](=O)[O-])cc2Cl)cc1OC. The lowest BCUT2D eigenvalue weighted by Crippen LogP contribution is -2.30. The molecule has 10 nitrogen and oxygen atoms in total. The largest absolute Gasteiger partial charge is 0.493 e. The van der Waals surface area contributed by atoms with Gasteiger partial charge in [0.05, 0.1) is 46.6 Å². The van der Waals surface area contributed by atoms with Crippen LogP contribution in [0.1, 0.15) is 46.9 Å². The number of pyridine rings is 1. The lowest BCUT2D eigenvalue weighted by atomic mass is 9.86. The quantitative estimate of drug-likeness (QED) is 0.131. The third-order valence-electron chi connectivity index (χ3n) is 7.20. The molecular weight excluding hydrogens is 574 g/mol. The molecule has 1 atom stereocenters. The number of nitro benzene ring substituents is 1. The lowest BCUT2D eigenvalue weighted by molar-refractivity contribution is -0.384. The van der Waals surface area contributed by atoms with E-state index in [1.165, 1.54) is 19.1 Å². The third kappa shape index (κ3) is 6.14. The minimum atomic E-state index is -1.19. The van der Waals surface area contributed by atoms with Crippen molar-refractivity contribution in [3.8, 4) is 11.5 Å². The predicted octanol–water partition coefficient (Wildman–Crippen LogP) is 6.87. The van der Waals surface area contributed by atoms with Gasteiger partial charge >= 0.3 is 5.97 Å². The molecule has 3 aromatic carbocycles. The number of non-ortho nitro benzene ring substituents is 1. The van der Waals surface area contributed by atoms with Gasteiger partial charge in [0.1, 0.15) is 0 Å². The predicted molar refractivity (Wildman–Crippen MR) is 164 cm³/mol. The summed E-state index contributed by atoms with van der Waals surface area (Å²) >= 11 is 6.12. The number of methoxy groups -OCH3 is 2. The third-order valence-corrected chi connectivity index (χ3v) is 7.51. The molecule has 0 saturated carbocycles. The molecule has 1 unspecified atom stereocenters. The molecule has 1 aromatic heterocycles. The van der Waals surface area contributed by atoms with Crippen LogP contribution in [0.15, 0.2) is 60.7 Å². The number of nitrogens with zero attached hydrogens (tertiary/aromatic N) is 2. The maximum atomic E-state index is 13.7. The first-order valence-corrected chi connectivity index (χ1v) is 13.9. The smallest absolute Gasteiger partial charge is 0.339 e. The minimum absolute atomic E-state index is 0.0101. The first kappa shape index (κ1) is 29.5. The molecule has 1 aliphatic carbocycles. The van der Waals surface area contributed by atoms with Crippen LogP contribution in [0.4, 0.5) is 11.4 Å². The number of esters is 1. The van der Waals surface area contributed by atoms with Crippen LogP contribution in [-0.4, -0.2) is 42.1 Å². The number of carbonyl (C=O) groups is 2. The van der Waals surface area contributed by atoms with E-state index in [0.717, 1.165) is 35.6 Å². The highest BCUT2D eigenvalue weighted by Crippen LogP contribution is 2.38. The summed E-state index contributed by atoms with van der Waals surface area (Å²) in [5.41, 5.74) is 4.28. The number of allylic oxidation sites excluding steroid dienone is 1. The number of nitrogens with one attached hydrogen (secondary N) is 1. The maximum absolute atomic E-state index is 13.7. The molecule has 0 saturated heterocycles. The molecule has 0 aliphatic heterocycles. The van der Waals surface area contributed by atoms with Crippen molar-refractivity contribution in [2.24, 2.45) is 0 Å². The second-order valence-corrected chi connectivity index (χ2v) is 10.3. The Balaban J connectivity index is 1.46. The highest BCUT2D eigenvalue weighted by molar-refractivity contribution is 6.34. The van der Waals surface area contributed by atoms with Crippen LogP contribution >= 0.6 is 11.6 Å². The molecule has 4 aromatic rings. The molecule has 43 heavy (non-hydrogen) atoms. The van der Waals surface area contributed by atoms with Gasteiger partial charge in [0, 0.05) is 17.5 Å². The topological polar surface area (TPSA) is 130 Å². The fraction of sp³-hybridized carbons (Fsp3) is 0.219. The summed E-state index contributed by atoms with van der Waals surface area (Å²) in [7, 11) is 3.16. The molecule has 1 amide bonds. The standard InChI is InChI=1S/C32H28ClN3O7/c1-18(31(37)35-26-13-12-21(36(39)40)17-24(26)33)43-32(38)29-22-8-4-5-10-25(22)34-30-20(7-6-9-23(29)30)15-19-11-14-27(41-2)28(16-19)42-3/h4-5,8,10-18H,6-7,9H2,1-3H3,(H,35,37)/b20-15+. The van der Waals surface area contributed by atoms with Crippen LogP contribution in [0.3, 0.4) is 0 Å². The summed E-state index contributed by atoms with van der Waals surface area (Å²) in [5, 5.41) is 14.2. The zero-order valence-electron chi connectivity index (χ0n) is 23.7. The van der Waals surface area contributed by atoms with Crippen LogP contribution in [-0.2, 0) is 16.0 Å². The number of hydrogen-bond donors (Lipinski definition) is 1. The van der Waals surface area contributed by atoms with Gasteiger partial charge in [-0.05, 0) is 73.2 Å². The summed E-state index contributed by atoms with van der Waals surface area (Å²) in [4.78, 5) is 42.0. The summed E-state index contributed by atoms with van der Waals surface area (Å²) in [6.45, 7) is 1.45. The number of ether oxygens (including phenoxy) is 3. The lowest BCUT2D eigenvalue weighted by Gasteiger charge is -2.23. The van der Waals surface area contributed by atoms with E-state index in [1.807, 2.05) is 48.5 Å².